The van der Waals surface area contributed by atoms with E-state index in [0.29, 0.717) is 23.5 Å². The number of hydrogen-bond donors (Lipinski definition) is 0. The number of carbonyl (C=O) groups excluding carboxylic acids is 1. The number of rotatable bonds is 4. The maximum absolute atomic E-state index is 12.6. The molecule has 2 aromatic rings. The lowest BCUT2D eigenvalue weighted by atomic mass is 9.90. The lowest BCUT2D eigenvalue weighted by Gasteiger charge is -2.15. The highest BCUT2D eigenvalue weighted by molar-refractivity contribution is 6.12. The molecule has 0 saturated carbocycles. The second-order valence-corrected chi connectivity index (χ2v) is 5.48. The van der Waals surface area contributed by atoms with Gasteiger partial charge in [-0.15, -0.1) is 0 Å². The van der Waals surface area contributed by atoms with E-state index in [-0.39, 0.29) is 12.4 Å². The number of nitrogens with zero attached hydrogens (tertiary/aromatic N) is 3. The average Bonchev–Trinajstić information content (AvgIpc) is 2.98. The van der Waals surface area contributed by atoms with Crippen LogP contribution in [0.15, 0.2) is 30.0 Å². The van der Waals surface area contributed by atoms with Crippen molar-refractivity contribution < 1.29 is 14.3 Å². The molecule has 0 fully saturated rings. The number of Topliss-reactive ketones (excluding diaryl/α,β-unsaturated/α-hetero) is 1. The average molecular weight is 323 g/mol. The lowest BCUT2D eigenvalue weighted by Crippen LogP contribution is -2.14. The molecule has 24 heavy (non-hydrogen) atoms. The number of hydrogen-bond acceptors (Lipinski definition) is 5. The second-order valence-electron chi connectivity index (χ2n) is 5.48. The van der Waals surface area contributed by atoms with Crippen molar-refractivity contribution in [3.63, 3.8) is 0 Å². The molecule has 0 unspecified atom stereocenters. The number of ether oxygens (including phenoxy) is 2. The first-order chi connectivity index (χ1) is 11.6. The topological polar surface area (TPSA) is 77.1 Å². The van der Waals surface area contributed by atoms with Gasteiger partial charge in [-0.1, -0.05) is 6.07 Å². The molecule has 0 spiro atoms. The molecule has 1 aromatic carbocycles. The summed E-state index contributed by atoms with van der Waals surface area (Å²) in [4.78, 5) is 12.6. The maximum Gasteiger partial charge on any atom is 0.192 e. The van der Waals surface area contributed by atoms with Crippen LogP contribution in [0, 0.1) is 11.3 Å². The molecule has 6 nitrogen and oxygen atoms in total. The third-order valence-corrected chi connectivity index (χ3v) is 4.05. The summed E-state index contributed by atoms with van der Waals surface area (Å²) in [6.07, 6.45) is 4.98. The smallest absolute Gasteiger partial charge is 0.192 e. The van der Waals surface area contributed by atoms with Crippen LogP contribution in [0.1, 0.15) is 28.0 Å². The van der Waals surface area contributed by atoms with Gasteiger partial charge < -0.3 is 9.47 Å². The molecule has 1 aliphatic carbocycles. The number of carbonyl (C=O) groups is 1. The highest BCUT2D eigenvalue weighted by Gasteiger charge is 2.25. The molecular weight excluding hydrogens is 306 g/mol. The van der Waals surface area contributed by atoms with E-state index >= 15 is 0 Å². The first-order valence-corrected chi connectivity index (χ1v) is 7.58. The van der Waals surface area contributed by atoms with Crippen molar-refractivity contribution in [3.05, 3.63) is 46.8 Å². The predicted molar refractivity (Wildman–Crippen MR) is 87.9 cm³/mol. The molecule has 0 amide bonds. The molecule has 0 radical (unpaired) electrons. The Morgan fingerprint density at radius 1 is 1.38 bits per heavy atom. The quantitative estimate of drug-likeness (QED) is 0.808. The summed E-state index contributed by atoms with van der Waals surface area (Å²) < 4.78 is 12.4. The summed E-state index contributed by atoms with van der Waals surface area (Å²) in [5, 5.41) is 12.8. The zero-order valence-electron chi connectivity index (χ0n) is 13.6. The Kier molecular flexibility index (Phi) is 4.34. The minimum Gasteiger partial charge on any atom is -0.493 e. The van der Waals surface area contributed by atoms with E-state index in [1.165, 1.54) is 0 Å². The number of ketones is 1. The molecule has 0 bridgehead atoms. The Bertz CT molecular complexity index is 859. The lowest BCUT2D eigenvalue weighted by molar-refractivity contribution is 0.102. The summed E-state index contributed by atoms with van der Waals surface area (Å²) in [6, 6.07) is 7.30. The molecule has 1 heterocycles. The van der Waals surface area contributed by atoms with Gasteiger partial charge in [0.2, 0.25) is 0 Å². The third-order valence-electron chi connectivity index (χ3n) is 4.05. The van der Waals surface area contributed by atoms with Gasteiger partial charge in [0.05, 0.1) is 18.9 Å². The van der Waals surface area contributed by atoms with Crippen LogP contribution in [0.3, 0.4) is 0 Å². The molecular formula is C18H17N3O3. The monoisotopic (exact) mass is 323 g/mol. The number of benzene rings is 1. The van der Waals surface area contributed by atoms with Gasteiger partial charge >= 0.3 is 0 Å². The fourth-order valence-electron chi connectivity index (χ4n) is 2.83. The third kappa shape index (κ3) is 2.88. The first kappa shape index (κ1) is 15.8. The molecule has 122 valence electrons. The van der Waals surface area contributed by atoms with Crippen LogP contribution in [0.2, 0.25) is 0 Å². The second kappa shape index (κ2) is 6.59. The fourth-order valence-corrected chi connectivity index (χ4v) is 2.83. The largest absolute Gasteiger partial charge is 0.493 e. The number of fused-ring (bicyclic) bond motifs is 1. The highest BCUT2D eigenvalue weighted by atomic mass is 16.5. The van der Waals surface area contributed by atoms with Crippen molar-refractivity contribution >= 4 is 11.9 Å². The van der Waals surface area contributed by atoms with E-state index in [1.54, 1.807) is 30.1 Å². The molecule has 1 aliphatic rings. The van der Waals surface area contributed by atoms with Gasteiger partial charge in [0.25, 0.3) is 0 Å². The molecule has 6 heteroatoms. The Hall–Kier alpha value is -3.07. The van der Waals surface area contributed by atoms with E-state index in [1.807, 2.05) is 25.3 Å². The SMILES string of the molecule is COc1cc(C=C2CCc3c(cnn3C)C2=O)ccc1OCC#N. The van der Waals surface area contributed by atoms with Crippen molar-refractivity contribution in [2.45, 2.75) is 12.8 Å². The molecule has 0 atom stereocenters. The minimum absolute atomic E-state index is 0.0214. The Balaban J connectivity index is 1.89. The Morgan fingerprint density at radius 3 is 2.96 bits per heavy atom. The number of allylic oxidation sites excluding steroid dienone is 1. The van der Waals surface area contributed by atoms with Gasteiger partial charge in [-0.25, -0.2) is 0 Å². The Morgan fingerprint density at radius 2 is 2.21 bits per heavy atom. The van der Waals surface area contributed by atoms with Crippen molar-refractivity contribution in [2.24, 2.45) is 7.05 Å². The first-order valence-electron chi connectivity index (χ1n) is 7.58. The molecule has 0 N–H and O–H groups in total. The van der Waals surface area contributed by atoms with Gasteiger partial charge in [-0.05, 0) is 36.6 Å². The normalized spacial score (nSPS) is 15.0. The number of methoxy groups -OCH3 is 1. The molecule has 3 rings (SSSR count). The fraction of sp³-hybridized carbons (Fsp3) is 0.278. The zero-order chi connectivity index (χ0) is 17.1. The van der Waals surface area contributed by atoms with Gasteiger partial charge in [-0.2, -0.15) is 10.4 Å². The molecule has 0 saturated heterocycles. The number of aryl methyl sites for hydroxylation is 1. The van der Waals surface area contributed by atoms with E-state index in [0.717, 1.165) is 23.3 Å². The zero-order valence-corrected chi connectivity index (χ0v) is 13.6. The van der Waals surface area contributed by atoms with Crippen LogP contribution in [-0.4, -0.2) is 29.3 Å². The molecule has 0 aliphatic heterocycles. The standard InChI is InChI=1S/C18H17N3O3/c1-21-15-5-4-13(18(22)14(15)11-20-21)9-12-3-6-16(24-8-7-19)17(10-12)23-2/h3,6,9-11H,4-5,8H2,1-2H3. The van der Waals surface area contributed by atoms with Gasteiger partial charge in [0.1, 0.15) is 6.07 Å². The highest BCUT2D eigenvalue weighted by Crippen LogP contribution is 2.31. The van der Waals surface area contributed by atoms with E-state index in [2.05, 4.69) is 5.10 Å². The van der Waals surface area contributed by atoms with Crippen molar-refractivity contribution in [3.8, 4) is 17.6 Å². The minimum atomic E-state index is -0.0426. The summed E-state index contributed by atoms with van der Waals surface area (Å²) in [5.74, 6) is 1.06. The van der Waals surface area contributed by atoms with Crippen LogP contribution >= 0.6 is 0 Å². The molecule has 1 aromatic heterocycles. The van der Waals surface area contributed by atoms with Crippen LogP contribution < -0.4 is 9.47 Å². The number of aromatic nitrogens is 2. The van der Waals surface area contributed by atoms with Crippen LogP contribution in [-0.2, 0) is 13.5 Å². The van der Waals surface area contributed by atoms with Crippen LogP contribution in [0.4, 0.5) is 0 Å². The van der Waals surface area contributed by atoms with Crippen molar-refractivity contribution in [2.75, 3.05) is 13.7 Å². The van der Waals surface area contributed by atoms with E-state index in [4.69, 9.17) is 14.7 Å². The van der Waals surface area contributed by atoms with Gasteiger partial charge in [0.15, 0.2) is 23.9 Å². The number of nitriles is 1. The van der Waals surface area contributed by atoms with Gasteiger partial charge in [0, 0.05) is 18.3 Å². The van der Waals surface area contributed by atoms with Gasteiger partial charge in [-0.3, -0.25) is 9.48 Å². The van der Waals surface area contributed by atoms with Crippen molar-refractivity contribution in [1.82, 2.24) is 9.78 Å². The predicted octanol–water partition coefficient (Wildman–Crippen LogP) is 2.54. The van der Waals surface area contributed by atoms with E-state index < -0.39 is 0 Å². The maximum atomic E-state index is 12.6. The summed E-state index contributed by atoms with van der Waals surface area (Å²) in [7, 11) is 3.39. The van der Waals surface area contributed by atoms with Crippen LogP contribution in [0.5, 0.6) is 11.5 Å². The summed E-state index contributed by atoms with van der Waals surface area (Å²) in [6.45, 7) is -0.0426. The Labute approximate surface area is 139 Å². The van der Waals surface area contributed by atoms with Crippen LogP contribution in [0.25, 0.3) is 6.08 Å². The van der Waals surface area contributed by atoms with Crippen molar-refractivity contribution in [1.29, 1.82) is 5.26 Å². The van der Waals surface area contributed by atoms with E-state index in [9.17, 15) is 4.79 Å². The summed E-state index contributed by atoms with van der Waals surface area (Å²) >= 11 is 0. The summed E-state index contributed by atoms with van der Waals surface area (Å²) in [5.41, 5.74) is 3.26.